The van der Waals surface area contributed by atoms with E-state index in [1.54, 1.807) is 24.3 Å². The molecule has 1 aliphatic heterocycles. The third-order valence-corrected chi connectivity index (χ3v) is 5.19. The van der Waals surface area contributed by atoms with Crippen LogP contribution in [-0.2, 0) is 14.8 Å². The molecule has 0 amide bonds. The second-order valence-electron chi connectivity index (χ2n) is 4.86. The van der Waals surface area contributed by atoms with E-state index < -0.39 is 22.0 Å². The van der Waals surface area contributed by atoms with Crippen molar-refractivity contribution in [2.75, 3.05) is 6.54 Å². The van der Waals surface area contributed by atoms with Crippen LogP contribution in [0.5, 0.6) is 0 Å². The van der Waals surface area contributed by atoms with Gasteiger partial charge in [0.15, 0.2) is 0 Å². The number of hydrogen-bond donors (Lipinski definition) is 1. The Labute approximate surface area is 128 Å². The average molecular weight is 330 g/mol. The van der Waals surface area contributed by atoms with Crippen molar-refractivity contribution in [3.05, 3.63) is 40.3 Å². The topological polar surface area (TPSA) is 74.7 Å². The lowest BCUT2D eigenvalue weighted by Crippen LogP contribution is -2.47. The first kappa shape index (κ1) is 16.0. The molecule has 0 unspecified atom stereocenters. The number of aliphatic carboxylic acids is 1. The Hall–Kier alpha value is -1.37. The quantitative estimate of drug-likeness (QED) is 0.921. The smallest absolute Gasteiger partial charge is 0.322 e. The first-order valence-corrected chi connectivity index (χ1v) is 8.46. The molecule has 0 aromatic heterocycles. The molecule has 5 nitrogen and oxygen atoms in total. The lowest BCUT2D eigenvalue weighted by molar-refractivity contribution is -0.142. The molecule has 7 heteroatoms. The summed E-state index contributed by atoms with van der Waals surface area (Å²) >= 11 is 5.76. The molecule has 114 valence electrons. The van der Waals surface area contributed by atoms with Crippen LogP contribution in [0.25, 0.3) is 6.08 Å². The Bertz CT molecular complexity index is 639. The maximum absolute atomic E-state index is 12.3. The second-order valence-corrected chi connectivity index (χ2v) is 7.07. The highest BCUT2D eigenvalue weighted by Gasteiger charge is 2.35. The Morgan fingerprint density at radius 3 is 2.57 bits per heavy atom. The molecule has 21 heavy (non-hydrogen) atoms. The molecule has 1 heterocycles. The van der Waals surface area contributed by atoms with Gasteiger partial charge in [0.1, 0.15) is 6.04 Å². The number of benzene rings is 1. The summed E-state index contributed by atoms with van der Waals surface area (Å²) in [5.74, 6) is -1.10. The number of carboxylic acids is 1. The van der Waals surface area contributed by atoms with Gasteiger partial charge in [-0.1, -0.05) is 23.7 Å². The molecule has 1 N–H and O–H groups in total. The number of sulfonamides is 1. The van der Waals surface area contributed by atoms with Crippen LogP contribution in [0.3, 0.4) is 0 Å². The minimum Gasteiger partial charge on any atom is -0.480 e. The van der Waals surface area contributed by atoms with Crippen LogP contribution in [0.2, 0.25) is 5.02 Å². The minimum atomic E-state index is -3.75. The van der Waals surface area contributed by atoms with Gasteiger partial charge in [-0.2, -0.15) is 4.31 Å². The van der Waals surface area contributed by atoms with Gasteiger partial charge >= 0.3 is 5.97 Å². The van der Waals surface area contributed by atoms with Crippen LogP contribution in [0, 0.1) is 0 Å². The first-order chi connectivity index (χ1) is 9.90. The summed E-state index contributed by atoms with van der Waals surface area (Å²) in [5, 5.41) is 10.8. The largest absolute Gasteiger partial charge is 0.480 e. The lowest BCUT2D eigenvalue weighted by atomic mass is 10.1. The zero-order chi connectivity index (χ0) is 15.5. The molecular formula is C14H16ClNO4S. The van der Waals surface area contributed by atoms with Crippen molar-refractivity contribution in [1.29, 1.82) is 0 Å². The van der Waals surface area contributed by atoms with Gasteiger partial charge in [0.2, 0.25) is 10.0 Å². The van der Waals surface area contributed by atoms with Crippen molar-refractivity contribution >= 4 is 33.7 Å². The number of nitrogens with zero attached hydrogens (tertiary/aromatic N) is 1. The van der Waals surface area contributed by atoms with Gasteiger partial charge in [-0.25, -0.2) is 8.42 Å². The normalized spacial score (nSPS) is 20.7. The van der Waals surface area contributed by atoms with E-state index in [2.05, 4.69) is 0 Å². The highest BCUT2D eigenvalue weighted by Crippen LogP contribution is 2.22. The third-order valence-electron chi connectivity index (χ3n) is 3.37. The Kier molecular flexibility index (Phi) is 5.03. The summed E-state index contributed by atoms with van der Waals surface area (Å²) in [6.45, 7) is 0.240. The van der Waals surface area contributed by atoms with Gasteiger partial charge in [0.05, 0.1) is 0 Å². The van der Waals surface area contributed by atoms with Crippen molar-refractivity contribution in [1.82, 2.24) is 4.31 Å². The van der Waals surface area contributed by atoms with Crippen molar-refractivity contribution < 1.29 is 18.3 Å². The van der Waals surface area contributed by atoms with E-state index in [4.69, 9.17) is 16.7 Å². The zero-order valence-corrected chi connectivity index (χ0v) is 12.8. The maximum Gasteiger partial charge on any atom is 0.322 e. The van der Waals surface area contributed by atoms with Crippen molar-refractivity contribution in [3.8, 4) is 0 Å². The van der Waals surface area contributed by atoms with Gasteiger partial charge < -0.3 is 5.11 Å². The number of carbonyl (C=O) groups is 1. The third kappa shape index (κ3) is 4.06. The number of rotatable bonds is 4. The maximum atomic E-state index is 12.3. The Morgan fingerprint density at radius 2 is 1.95 bits per heavy atom. The lowest BCUT2D eigenvalue weighted by Gasteiger charge is -2.30. The predicted octanol–water partition coefficient (Wildman–Crippen LogP) is 2.58. The molecule has 1 fully saturated rings. The summed E-state index contributed by atoms with van der Waals surface area (Å²) in [4.78, 5) is 11.2. The van der Waals surface area contributed by atoms with Gasteiger partial charge in [-0.15, -0.1) is 0 Å². The summed E-state index contributed by atoms with van der Waals surface area (Å²) < 4.78 is 25.6. The minimum absolute atomic E-state index is 0.240. The number of piperidine rings is 1. The number of hydrogen-bond acceptors (Lipinski definition) is 3. The van der Waals surface area contributed by atoms with Gasteiger partial charge in [-0.05, 0) is 43.0 Å². The molecule has 0 radical (unpaired) electrons. The van der Waals surface area contributed by atoms with E-state index in [0.29, 0.717) is 23.4 Å². The van der Waals surface area contributed by atoms with Gasteiger partial charge in [-0.3, -0.25) is 4.79 Å². The van der Waals surface area contributed by atoms with E-state index >= 15 is 0 Å². The molecule has 1 aromatic carbocycles. The zero-order valence-electron chi connectivity index (χ0n) is 11.3. The Balaban J connectivity index is 2.20. The van der Waals surface area contributed by atoms with Crippen molar-refractivity contribution in [2.45, 2.75) is 25.3 Å². The summed E-state index contributed by atoms with van der Waals surface area (Å²) in [6, 6.07) is 5.74. The van der Waals surface area contributed by atoms with E-state index in [1.807, 2.05) is 0 Å². The summed E-state index contributed by atoms with van der Waals surface area (Å²) in [6.07, 6.45) is 3.20. The van der Waals surface area contributed by atoms with E-state index in [9.17, 15) is 13.2 Å². The molecule has 2 rings (SSSR count). The average Bonchev–Trinajstić information content (AvgIpc) is 2.47. The molecule has 1 saturated heterocycles. The second kappa shape index (κ2) is 6.60. The standard InChI is InChI=1S/C14H16ClNO4S/c15-12-6-4-11(5-7-12)8-10-21(19,20)16-9-2-1-3-13(16)14(17)18/h4-8,10,13H,1-3,9H2,(H,17,18)/t13-/m0/s1. The molecular weight excluding hydrogens is 314 g/mol. The molecule has 1 aromatic rings. The van der Waals surface area contributed by atoms with E-state index in [1.165, 1.54) is 6.08 Å². The molecule has 1 atom stereocenters. The van der Waals surface area contributed by atoms with E-state index in [-0.39, 0.29) is 6.54 Å². The van der Waals surface area contributed by atoms with Crippen LogP contribution in [0.4, 0.5) is 0 Å². The first-order valence-electron chi connectivity index (χ1n) is 6.58. The fraction of sp³-hybridized carbons (Fsp3) is 0.357. The summed E-state index contributed by atoms with van der Waals surface area (Å²) in [5.41, 5.74) is 0.687. The van der Waals surface area contributed by atoms with Crippen LogP contribution in [0.15, 0.2) is 29.7 Å². The van der Waals surface area contributed by atoms with Crippen molar-refractivity contribution in [2.24, 2.45) is 0 Å². The molecule has 0 aliphatic carbocycles. The van der Waals surface area contributed by atoms with Gasteiger partial charge in [0, 0.05) is 17.0 Å². The van der Waals surface area contributed by atoms with Crippen LogP contribution < -0.4 is 0 Å². The van der Waals surface area contributed by atoms with Crippen LogP contribution in [-0.4, -0.2) is 36.4 Å². The highest BCUT2D eigenvalue weighted by molar-refractivity contribution is 7.92. The van der Waals surface area contributed by atoms with Crippen molar-refractivity contribution in [3.63, 3.8) is 0 Å². The molecule has 0 bridgehead atoms. The molecule has 0 saturated carbocycles. The summed E-state index contributed by atoms with van der Waals surface area (Å²) in [7, 11) is -3.75. The molecule has 1 aliphatic rings. The monoisotopic (exact) mass is 329 g/mol. The van der Waals surface area contributed by atoms with Crippen LogP contribution in [0.1, 0.15) is 24.8 Å². The molecule has 0 spiro atoms. The fourth-order valence-electron chi connectivity index (χ4n) is 2.27. The van der Waals surface area contributed by atoms with Crippen LogP contribution >= 0.6 is 11.6 Å². The predicted molar refractivity (Wildman–Crippen MR) is 81.4 cm³/mol. The Morgan fingerprint density at radius 1 is 1.29 bits per heavy atom. The highest BCUT2D eigenvalue weighted by atomic mass is 35.5. The number of carboxylic acid groups (broad SMARTS) is 1. The van der Waals surface area contributed by atoms with Gasteiger partial charge in [0.25, 0.3) is 0 Å². The number of halogens is 1. The SMILES string of the molecule is O=C(O)[C@@H]1CCCCN1S(=O)(=O)C=Cc1ccc(Cl)cc1. The van der Waals surface area contributed by atoms with E-state index in [0.717, 1.165) is 16.1 Å². The fourth-order valence-corrected chi connectivity index (χ4v) is 3.82.